The quantitative estimate of drug-likeness (QED) is 0.370. The molecular weight excluding hydrogens is 484 g/mol. The van der Waals surface area contributed by atoms with Crippen molar-refractivity contribution in [2.45, 2.75) is 57.5 Å². The smallest absolute Gasteiger partial charge is 0.255 e. The van der Waals surface area contributed by atoms with Gasteiger partial charge in [-0.2, -0.15) is 0 Å². The Hall–Kier alpha value is -3.59. The Morgan fingerprint density at radius 2 is 1.74 bits per heavy atom. The molecule has 0 unspecified atom stereocenters. The van der Waals surface area contributed by atoms with Crippen LogP contribution in [0.15, 0.2) is 30.5 Å². The lowest BCUT2D eigenvalue weighted by Crippen LogP contribution is -2.44. The minimum absolute atomic E-state index is 0.0476. The van der Waals surface area contributed by atoms with E-state index in [1.807, 2.05) is 31.2 Å². The van der Waals surface area contributed by atoms with Crippen LogP contribution in [0.25, 0.3) is 22.2 Å². The molecule has 2 aliphatic rings. The van der Waals surface area contributed by atoms with E-state index in [1.54, 1.807) is 13.3 Å². The van der Waals surface area contributed by atoms with Gasteiger partial charge in [0.2, 0.25) is 5.91 Å². The number of fused-ring (bicyclic) bond motifs is 1. The van der Waals surface area contributed by atoms with Crippen molar-refractivity contribution in [2.24, 2.45) is 5.92 Å². The summed E-state index contributed by atoms with van der Waals surface area (Å²) < 4.78 is 16.6. The third-order valence-electron chi connectivity index (χ3n) is 7.45. The summed E-state index contributed by atoms with van der Waals surface area (Å²) in [4.78, 5) is 33.3. The number of methoxy groups -OCH3 is 2. The summed E-state index contributed by atoms with van der Waals surface area (Å²) in [5.74, 6) is 1.91. The predicted octanol–water partition coefficient (Wildman–Crippen LogP) is 4.14. The van der Waals surface area contributed by atoms with Gasteiger partial charge in [-0.05, 0) is 75.6 Å². The fourth-order valence-corrected chi connectivity index (χ4v) is 5.21. The zero-order chi connectivity index (χ0) is 26.6. The van der Waals surface area contributed by atoms with E-state index in [0.717, 1.165) is 59.5 Å². The van der Waals surface area contributed by atoms with E-state index >= 15 is 0 Å². The van der Waals surface area contributed by atoms with Crippen LogP contribution in [0.3, 0.4) is 0 Å². The van der Waals surface area contributed by atoms with Crippen LogP contribution in [0.5, 0.6) is 11.5 Å². The average molecular weight is 521 g/mol. The van der Waals surface area contributed by atoms with Crippen LogP contribution < -0.4 is 20.1 Å². The van der Waals surface area contributed by atoms with E-state index in [9.17, 15) is 9.59 Å². The monoisotopic (exact) mass is 520 g/mol. The number of ether oxygens (including phenoxy) is 3. The molecule has 2 aliphatic carbocycles. The van der Waals surface area contributed by atoms with Gasteiger partial charge in [0, 0.05) is 42.2 Å². The second-order valence-corrected chi connectivity index (χ2v) is 10.3. The summed E-state index contributed by atoms with van der Waals surface area (Å²) >= 11 is 0. The van der Waals surface area contributed by atoms with Gasteiger partial charge in [0.05, 0.1) is 24.8 Å². The normalized spacial score (nSPS) is 19.2. The third-order valence-corrected chi connectivity index (χ3v) is 7.45. The van der Waals surface area contributed by atoms with Crippen molar-refractivity contribution in [1.82, 2.24) is 20.6 Å². The van der Waals surface area contributed by atoms with Gasteiger partial charge in [-0.3, -0.25) is 14.6 Å². The SMILES string of the molecule is COCC(=O)N[C@H]1CC[C@H](NC(=O)c2c(C)[nH]c3c(-c4cc(OC)ccc4OCC4CC4)ccnc23)CC1. The molecule has 9 nitrogen and oxygen atoms in total. The molecule has 202 valence electrons. The van der Waals surface area contributed by atoms with Gasteiger partial charge in [0.15, 0.2) is 0 Å². The highest BCUT2D eigenvalue weighted by molar-refractivity contribution is 6.09. The fourth-order valence-electron chi connectivity index (χ4n) is 5.21. The van der Waals surface area contributed by atoms with Crippen LogP contribution in [0, 0.1) is 12.8 Å². The highest BCUT2D eigenvalue weighted by atomic mass is 16.5. The van der Waals surface area contributed by atoms with Crippen LogP contribution in [-0.2, 0) is 9.53 Å². The lowest BCUT2D eigenvalue weighted by Gasteiger charge is -2.29. The number of carbonyl (C=O) groups is 2. The van der Waals surface area contributed by atoms with E-state index in [4.69, 9.17) is 14.2 Å². The topological polar surface area (TPSA) is 115 Å². The maximum Gasteiger partial charge on any atom is 0.255 e. The highest BCUT2D eigenvalue weighted by Gasteiger charge is 2.27. The summed E-state index contributed by atoms with van der Waals surface area (Å²) in [6.45, 7) is 2.66. The Morgan fingerprint density at radius 1 is 1.00 bits per heavy atom. The molecule has 2 aromatic heterocycles. The molecule has 38 heavy (non-hydrogen) atoms. The second-order valence-electron chi connectivity index (χ2n) is 10.3. The standard InChI is InChI=1S/C29H36N4O5/c1-17-26(29(35)33-20-8-6-19(7-9-20)32-25(34)16-36-2)28-27(31-17)22(12-13-30-28)23-14-21(37-3)10-11-24(23)38-15-18-4-5-18/h10-14,18-20,31H,4-9,15-16H2,1-3H3,(H,32,34)(H,33,35)/t19-,20-. The highest BCUT2D eigenvalue weighted by Crippen LogP contribution is 2.39. The molecule has 0 aliphatic heterocycles. The van der Waals surface area contributed by atoms with Crippen molar-refractivity contribution in [1.29, 1.82) is 0 Å². The number of nitrogens with zero attached hydrogens (tertiary/aromatic N) is 1. The van der Waals surface area contributed by atoms with Crippen LogP contribution in [0.4, 0.5) is 0 Å². The van der Waals surface area contributed by atoms with E-state index in [0.29, 0.717) is 23.6 Å². The number of aromatic amines is 1. The number of aromatic nitrogens is 2. The molecule has 2 heterocycles. The van der Waals surface area contributed by atoms with Gasteiger partial charge in [0.1, 0.15) is 23.6 Å². The Labute approximate surface area is 222 Å². The predicted molar refractivity (Wildman–Crippen MR) is 145 cm³/mol. The number of carbonyl (C=O) groups excluding carboxylic acids is 2. The van der Waals surface area contributed by atoms with Crippen LogP contribution in [0.2, 0.25) is 0 Å². The molecule has 2 fully saturated rings. The van der Waals surface area contributed by atoms with E-state index in [1.165, 1.54) is 20.0 Å². The van der Waals surface area contributed by atoms with Gasteiger partial charge in [-0.1, -0.05) is 0 Å². The van der Waals surface area contributed by atoms with Crippen molar-refractivity contribution in [3.8, 4) is 22.6 Å². The molecule has 1 aromatic carbocycles. The minimum Gasteiger partial charge on any atom is -0.497 e. The number of rotatable bonds is 10. The second kappa shape index (κ2) is 11.4. The van der Waals surface area contributed by atoms with Crippen LogP contribution in [-0.4, -0.2) is 61.3 Å². The first-order chi connectivity index (χ1) is 18.5. The van der Waals surface area contributed by atoms with Crippen molar-refractivity contribution >= 4 is 22.8 Å². The molecule has 2 amide bonds. The summed E-state index contributed by atoms with van der Waals surface area (Å²) in [5, 5.41) is 6.20. The first kappa shape index (κ1) is 26.0. The summed E-state index contributed by atoms with van der Waals surface area (Å²) in [6.07, 6.45) is 7.39. The van der Waals surface area contributed by atoms with E-state index in [2.05, 4.69) is 20.6 Å². The summed E-state index contributed by atoms with van der Waals surface area (Å²) in [7, 11) is 3.16. The van der Waals surface area contributed by atoms with Gasteiger partial charge in [-0.15, -0.1) is 0 Å². The minimum atomic E-state index is -0.138. The Kier molecular flexibility index (Phi) is 7.83. The van der Waals surface area contributed by atoms with Gasteiger partial charge < -0.3 is 29.8 Å². The number of nitrogens with one attached hydrogen (secondary N) is 3. The van der Waals surface area contributed by atoms with Crippen molar-refractivity contribution < 1.29 is 23.8 Å². The summed E-state index contributed by atoms with van der Waals surface area (Å²) in [5.41, 5.74) is 4.56. The Balaban J connectivity index is 1.35. The van der Waals surface area contributed by atoms with Crippen molar-refractivity contribution in [3.63, 3.8) is 0 Å². The fraction of sp³-hybridized carbons (Fsp3) is 0.483. The first-order valence-electron chi connectivity index (χ1n) is 13.3. The number of benzene rings is 1. The first-order valence-corrected chi connectivity index (χ1v) is 13.3. The Bertz CT molecular complexity index is 1310. The van der Waals surface area contributed by atoms with Crippen LogP contribution >= 0.6 is 0 Å². The molecule has 0 bridgehead atoms. The van der Waals surface area contributed by atoms with Crippen LogP contribution in [0.1, 0.15) is 54.6 Å². The van der Waals surface area contributed by atoms with Crippen molar-refractivity contribution in [2.75, 3.05) is 27.4 Å². The molecule has 0 saturated heterocycles. The lowest BCUT2D eigenvalue weighted by molar-refractivity contribution is -0.125. The largest absolute Gasteiger partial charge is 0.497 e. The number of amides is 2. The maximum atomic E-state index is 13.5. The van der Waals surface area contributed by atoms with Gasteiger partial charge in [0.25, 0.3) is 5.91 Å². The molecular formula is C29H36N4O5. The molecule has 0 spiro atoms. The lowest BCUT2D eigenvalue weighted by atomic mass is 9.91. The number of hydrogen-bond donors (Lipinski definition) is 3. The van der Waals surface area contributed by atoms with Gasteiger partial charge in [-0.25, -0.2) is 0 Å². The molecule has 5 rings (SSSR count). The maximum absolute atomic E-state index is 13.5. The Morgan fingerprint density at radius 3 is 2.42 bits per heavy atom. The number of aryl methyl sites for hydroxylation is 1. The van der Waals surface area contributed by atoms with Crippen molar-refractivity contribution in [3.05, 3.63) is 41.7 Å². The number of hydrogen-bond acceptors (Lipinski definition) is 6. The van der Waals surface area contributed by atoms with Gasteiger partial charge >= 0.3 is 0 Å². The molecule has 3 N–H and O–H groups in total. The third kappa shape index (κ3) is 5.78. The zero-order valence-corrected chi connectivity index (χ0v) is 22.3. The zero-order valence-electron chi connectivity index (χ0n) is 22.3. The van der Waals surface area contributed by atoms with E-state index in [-0.39, 0.29) is 30.5 Å². The molecule has 0 radical (unpaired) electrons. The number of H-pyrrole nitrogens is 1. The molecule has 0 atom stereocenters. The molecule has 2 saturated carbocycles. The van der Waals surface area contributed by atoms with E-state index < -0.39 is 0 Å². The molecule has 9 heteroatoms. The average Bonchev–Trinajstić information content (AvgIpc) is 3.68. The molecule has 3 aromatic rings. The number of pyridine rings is 1. The summed E-state index contributed by atoms with van der Waals surface area (Å²) in [6, 6.07) is 7.92.